The third-order valence-corrected chi connectivity index (χ3v) is 5.43. The number of nitrogens with zero attached hydrogens (tertiary/aromatic N) is 5. The number of hydrogen-bond acceptors (Lipinski definition) is 6. The molecule has 8 nitrogen and oxygen atoms in total. The molecule has 0 saturated carbocycles. The van der Waals surface area contributed by atoms with Crippen molar-refractivity contribution in [3.05, 3.63) is 57.1 Å². The summed E-state index contributed by atoms with van der Waals surface area (Å²) in [7, 11) is 3.23. The summed E-state index contributed by atoms with van der Waals surface area (Å²) >= 11 is 6.86. The molecule has 0 aliphatic rings. The van der Waals surface area contributed by atoms with Crippen LogP contribution in [0.1, 0.15) is 50.2 Å². The Kier molecular flexibility index (Phi) is 6.56. The Balaban J connectivity index is 1.87. The number of nitrogens with one attached hydrogen (secondary N) is 1. The van der Waals surface area contributed by atoms with Crippen molar-refractivity contribution in [1.82, 2.24) is 30.0 Å². The SMILES string of the molecule is Cc1nc([C@H](C)NC(=O)c2cc(Cl)cc(C(F)(F)F)c2)n(-c2ncc(C(=O)N(C)C)s2)n1. The molecule has 170 valence electrons. The third-order valence-electron chi connectivity index (χ3n) is 4.25. The van der Waals surface area contributed by atoms with Gasteiger partial charge in [-0.25, -0.2) is 9.97 Å². The van der Waals surface area contributed by atoms with Crippen LogP contribution < -0.4 is 5.32 Å². The summed E-state index contributed by atoms with van der Waals surface area (Å²) in [6, 6.07) is 1.88. The van der Waals surface area contributed by atoms with Crippen LogP contribution in [-0.2, 0) is 6.18 Å². The molecule has 0 bridgehead atoms. The Morgan fingerprint density at radius 2 is 1.94 bits per heavy atom. The number of amides is 2. The molecule has 2 heterocycles. The van der Waals surface area contributed by atoms with Crippen LogP contribution in [0, 0.1) is 6.92 Å². The maximum Gasteiger partial charge on any atom is 0.416 e. The van der Waals surface area contributed by atoms with Gasteiger partial charge >= 0.3 is 6.18 Å². The van der Waals surface area contributed by atoms with Crippen LogP contribution in [0.5, 0.6) is 0 Å². The minimum absolute atomic E-state index is 0.211. The summed E-state index contributed by atoms with van der Waals surface area (Å²) in [4.78, 5) is 35.1. The first kappa shape index (κ1) is 23.7. The fourth-order valence-corrected chi connectivity index (χ4v) is 3.90. The fraction of sp³-hybridized carbons (Fsp3) is 0.316. The van der Waals surface area contributed by atoms with Crippen LogP contribution in [0.25, 0.3) is 5.13 Å². The summed E-state index contributed by atoms with van der Waals surface area (Å²) in [6.45, 7) is 3.24. The van der Waals surface area contributed by atoms with Crippen LogP contribution in [0.2, 0.25) is 5.02 Å². The van der Waals surface area contributed by atoms with Gasteiger partial charge in [0.05, 0.1) is 17.8 Å². The average molecular weight is 487 g/mol. The van der Waals surface area contributed by atoms with Crippen molar-refractivity contribution >= 4 is 34.8 Å². The molecule has 3 aromatic rings. The lowest BCUT2D eigenvalue weighted by Crippen LogP contribution is -2.29. The fourth-order valence-electron chi connectivity index (χ4n) is 2.76. The highest BCUT2D eigenvalue weighted by Gasteiger charge is 2.32. The first-order valence-corrected chi connectivity index (χ1v) is 10.4. The van der Waals surface area contributed by atoms with E-state index in [1.54, 1.807) is 27.9 Å². The number of alkyl halides is 3. The third kappa shape index (κ3) is 5.07. The molecule has 0 unspecified atom stereocenters. The molecule has 1 aromatic carbocycles. The number of thiazole rings is 1. The minimum atomic E-state index is -4.64. The Hall–Kier alpha value is -2.99. The van der Waals surface area contributed by atoms with Gasteiger partial charge in [-0.2, -0.15) is 17.9 Å². The Bertz CT molecular complexity index is 1170. The van der Waals surface area contributed by atoms with E-state index < -0.39 is 23.7 Å². The van der Waals surface area contributed by atoms with Gasteiger partial charge < -0.3 is 10.2 Å². The van der Waals surface area contributed by atoms with Gasteiger partial charge in [0.25, 0.3) is 11.8 Å². The largest absolute Gasteiger partial charge is 0.416 e. The van der Waals surface area contributed by atoms with Crippen molar-refractivity contribution in [3.63, 3.8) is 0 Å². The lowest BCUT2D eigenvalue weighted by atomic mass is 10.1. The van der Waals surface area contributed by atoms with E-state index in [1.807, 2.05) is 0 Å². The van der Waals surface area contributed by atoms with Gasteiger partial charge in [-0.15, -0.1) is 5.10 Å². The van der Waals surface area contributed by atoms with Crippen molar-refractivity contribution in [1.29, 1.82) is 0 Å². The monoisotopic (exact) mass is 486 g/mol. The van der Waals surface area contributed by atoms with Crippen LogP contribution in [0.4, 0.5) is 13.2 Å². The molecule has 0 aliphatic carbocycles. The summed E-state index contributed by atoms with van der Waals surface area (Å²) in [5.41, 5.74) is -1.27. The normalized spacial score (nSPS) is 12.5. The van der Waals surface area contributed by atoms with Gasteiger partial charge in [0.15, 0.2) is 5.82 Å². The van der Waals surface area contributed by atoms with E-state index in [1.165, 1.54) is 15.8 Å². The van der Waals surface area contributed by atoms with E-state index in [-0.39, 0.29) is 16.5 Å². The molecule has 13 heteroatoms. The first-order valence-electron chi connectivity index (χ1n) is 9.17. The second-order valence-electron chi connectivity index (χ2n) is 7.06. The van der Waals surface area contributed by atoms with Crippen LogP contribution in [0.15, 0.2) is 24.4 Å². The zero-order valence-electron chi connectivity index (χ0n) is 17.4. The molecule has 0 aliphatic heterocycles. The van der Waals surface area contributed by atoms with Crippen molar-refractivity contribution in [2.75, 3.05) is 14.1 Å². The molecular formula is C19H18ClF3N6O2S. The van der Waals surface area contributed by atoms with Crippen LogP contribution in [-0.4, -0.2) is 50.6 Å². The number of carbonyl (C=O) groups is 2. The molecule has 2 amide bonds. The molecule has 1 atom stereocenters. The van der Waals surface area contributed by atoms with Crippen LogP contribution >= 0.6 is 22.9 Å². The predicted molar refractivity (Wildman–Crippen MR) is 112 cm³/mol. The molecule has 32 heavy (non-hydrogen) atoms. The summed E-state index contributed by atoms with van der Waals surface area (Å²) in [6.07, 6.45) is -3.23. The molecule has 0 radical (unpaired) electrons. The standard InChI is InChI=1S/C19H18ClF3N6O2S/c1-9(25-16(30)11-5-12(19(21,22)23)7-13(20)6-11)15-26-10(2)27-29(15)18-24-8-14(32-18)17(31)28(3)4/h5-9H,1-4H3,(H,25,30)/t9-/m0/s1. The summed E-state index contributed by atoms with van der Waals surface area (Å²) in [5.74, 6) is -0.304. The highest BCUT2D eigenvalue weighted by Crippen LogP contribution is 2.32. The molecule has 3 rings (SSSR count). The number of aromatic nitrogens is 4. The van der Waals surface area contributed by atoms with Crippen molar-refractivity contribution in [3.8, 4) is 5.13 Å². The van der Waals surface area contributed by atoms with E-state index in [0.717, 1.165) is 29.5 Å². The molecule has 0 spiro atoms. The average Bonchev–Trinajstić information content (AvgIpc) is 3.32. The van der Waals surface area contributed by atoms with Gasteiger partial charge in [0.2, 0.25) is 5.13 Å². The second-order valence-corrected chi connectivity index (χ2v) is 8.50. The Labute approximate surface area is 190 Å². The molecule has 2 aromatic heterocycles. The lowest BCUT2D eigenvalue weighted by Gasteiger charge is -2.15. The summed E-state index contributed by atoms with van der Waals surface area (Å²) < 4.78 is 40.5. The summed E-state index contributed by atoms with van der Waals surface area (Å²) in [5, 5.41) is 7.02. The Morgan fingerprint density at radius 1 is 1.25 bits per heavy atom. The number of carbonyl (C=O) groups excluding carboxylic acids is 2. The number of benzene rings is 1. The maximum atomic E-state index is 13.0. The lowest BCUT2D eigenvalue weighted by molar-refractivity contribution is -0.137. The number of aryl methyl sites for hydroxylation is 1. The Morgan fingerprint density at radius 3 is 2.56 bits per heavy atom. The van der Waals surface area contributed by atoms with Crippen molar-refractivity contribution in [2.24, 2.45) is 0 Å². The van der Waals surface area contributed by atoms with Crippen molar-refractivity contribution in [2.45, 2.75) is 26.1 Å². The maximum absolute atomic E-state index is 13.0. The highest BCUT2D eigenvalue weighted by atomic mass is 35.5. The van der Waals surface area contributed by atoms with E-state index in [0.29, 0.717) is 21.7 Å². The first-order chi connectivity index (χ1) is 14.9. The topological polar surface area (TPSA) is 93.0 Å². The molecule has 1 N–H and O–H groups in total. The molecule has 0 fully saturated rings. The minimum Gasteiger partial charge on any atom is -0.344 e. The highest BCUT2D eigenvalue weighted by molar-refractivity contribution is 7.16. The quantitative estimate of drug-likeness (QED) is 0.590. The molecule has 0 saturated heterocycles. The van der Waals surface area contributed by atoms with Crippen LogP contribution in [0.3, 0.4) is 0 Å². The number of hydrogen-bond donors (Lipinski definition) is 1. The van der Waals surface area contributed by atoms with Gasteiger partial charge in [-0.05, 0) is 32.0 Å². The van der Waals surface area contributed by atoms with Gasteiger partial charge in [-0.1, -0.05) is 22.9 Å². The predicted octanol–water partition coefficient (Wildman–Crippen LogP) is 3.90. The zero-order valence-corrected chi connectivity index (χ0v) is 18.9. The second kappa shape index (κ2) is 8.87. The van der Waals surface area contributed by atoms with Crippen molar-refractivity contribution < 1.29 is 22.8 Å². The van der Waals surface area contributed by atoms with Gasteiger partial charge in [0.1, 0.15) is 10.7 Å². The van der Waals surface area contributed by atoms with E-state index in [4.69, 9.17) is 11.6 Å². The number of halogens is 4. The van der Waals surface area contributed by atoms with Gasteiger partial charge in [-0.3, -0.25) is 9.59 Å². The zero-order chi connectivity index (χ0) is 23.8. The van der Waals surface area contributed by atoms with E-state index in [9.17, 15) is 22.8 Å². The van der Waals surface area contributed by atoms with E-state index >= 15 is 0 Å². The van der Waals surface area contributed by atoms with E-state index in [2.05, 4.69) is 20.4 Å². The number of rotatable bonds is 5. The smallest absolute Gasteiger partial charge is 0.344 e. The molecular weight excluding hydrogens is 469 g/mol. The van der Waals surface area contributed by atoms with Gasteiger partial charge in [0, 0.05) is 24.7 Å².